The molecule has 19 heavy (non-hydrogen) atoms. The molecule has 3 amide bonds. The third kappa shape index (κ3) is 3.82. The molecule has 0 spiro atoms. The van der Waals surface area contributed by atoms with Crippen molar-refractivity contribution in [2.75, 3.05) is 27.2 Å². The molecule has 1 rings (SSSR count). The monoisotopic (exact) mass is 273 g/mol. The summed E-state index contributed by atoms with van der Waals surface area (Å²) in [7, 11) is 3.00. The smallest absolute Gasteiger partial charge is 0.326 e. The number of hydrogen-bond acceptors (Lipinski definition) is 4. The highest BCUT2D eigenvalue weighted by atomic mass is 16.4. The SMILES string of the molecule is CNC(=O)CCN(C)C(=O)N1C[C@H](O)C[C@H]1C(=O)O. The van der Waals surface area contributed by atoms with Gasteiger partial charge in [-0.3, -0.25) is 4.79 Å². The zero-order valence-electron chi connectivity index (χ0n) is 11.0. The number of carbonyl (C=O) groups is 3. The van der Waals surface area contributed by atoms with Crippen molar-refractivity contribution in [3.8, 4) is 0 Å². The fraction of sp³-hybridized carbons (Fsp3) is 0.727. The molecule has 3 N–H and O–H groups in total. The second-order valence-corrected chi connectivity index (χ2v) is 4.52. The number of hydrogen-bond donors (Lipinski definition) is 3. The summed E-state index contributed by atoms with van der Waals surface area (Å²) < 4.78 is 0. The Balaban J connectivity index is 2.60. The molecule has 8 heteroatoms. The summed E-state index contributed by atoms with van der Waals surface area (Å²) in [4.78, 5) is 36.6. The van der Waals surface area contributed by atoms with E-state index in [2.05, 4.69) is 5.32 Å². The standard InChI is InChI=1S/C11H19N3O5/c1-12-9(16)3-4-13(2)11(19)14-6-7(15)5-8(14)10(17)18/h7-8,15H,3-6H2,1-2H3,(H,12,16)(H,17,18)/t7-,8+/m1/s1. The van der Waals surface area contributed by atoms with E-state index in [9.17, 15) is 19.5 Å². The maximum Gasteiger partial charge on any atom is 0.326 e. The number of nitrogens with zero attached hydrogens (tertiary/aromatic N) is 2. The summed E-state index contributed by atoms with van der Waals surface area (Å²) in [5.74, 6) is -1.33. The lowest BCUT2D eigenvalue weighted by Crippen LogP contribution is -2.47. The van der Waals surface area contributed by atoms with Gasteiger partial charge in [-0.25, -0.2) is 9.59 Å². The lowest BCUT2D eigenvalue weighted by Gasteiger charge is -2.27. The van der Waals surface area contributed by atoms with Crippen LogP contribution >= 0.6 is 0 Å². The lowest BCUT2D eigenvalue weighted by atomic mass is 10.2. The van der Waals surface area contributed by atoms with Crippen molar-refractivity contribution in [1.82, 2.24) is 15.1 Å². The molecular formula is C11H19N3O5. The Kier molecular flexibility index (Phi) is 5.11. The number of β-amino-alcohol motifs (C(OH)–C–C–N with tert-alkyl or cyclic N) is 1. The van der Waals surface area contributed by atoms with Crippen molar-refractivity contribution >= 4 is 17.9 Å². The summed E-state index contributed by atoms with van der Waals surface area (Å²) in [6, 6.07) is -1.50. The Morgan fingerprint density at radius 2 is 2.05 bits per heavy atom. The molecule has 0 unspecified atom stereocenters. The maximum atomic E-state index is 12.1. The second kappa shape index (κ2) is 6.37. The molecule has 108 valence electrons. The Morgan fingerprint density at radius 1 is 1.42 bits per heavy atom. The molecule has 0 bridgehead atoms. The molecule has 0 radical (unpaired) electrons. The number of aliphatic carboxylic acids is 1. The van der Waals surface area contributed by atoms with Crippen LogP contribution in [0.5, 0.6) is 0 Å². The van der Waals surface area contributed by atoms with Gasteiger partial charge >= 0.3 is 12.0 Å². The van der Waals surface area contributed by atoms with Crippen molar-refractivity contribution in [1.29, 1.82) is 0 Å². The van der Waals surface area contributed by atoms with Crippen LogP contribution in [-0.2, 0) is 9.59 Å². The van der Waals surface area contributed by atoms with Gasteiger partial charge in [0.15, 0.2) is 0 Å². The van der Waals surface area contributed by atoms with Crippen LogP contribution in [-0.4, -0.2) is 77.3 Å². The maximum absolute atomic E-state index is 12.1. The Labute approximate surface area is 111 Å². The van der Waals surface area contributed by atoms with Crippen LogP contribution in [0.2, 0.25) is 0 Å². The molecule has 0 saturated carbocycles. The van der Waals surface area contributed by atoms with E-state index < -0.39 is 24.1 Å². The number of carboxylic acids is 1. The first-order valence-electron chi connectivity index (χ1n) is 6.00. The summed E-state index contributed by atoms with van der Waals surface area (Å²) in [6.45, 7) is 0.192. The third-order valence-corrected chi connectivity index (χ3v) is 3.09. The Morgan fingerprint density at radius 3 is 2.58 bits per heavy atom. The van der Waals surface area contributed by atoms with Crippen molar-refractivity contribution in [3.63, 3.8) is 0 Å². The molecule has 0 aliphatic carbocycles. The molecule has 1 fully saturated rings. The van der Waals surface area contributed by atoms with Crippen LogP contribution in [0.3, 0.4) is 0 Å². The predicted octanol–water partition coefficient (Wildman–Crippen LogP) is -1.31. The van der Waals surface area contributed by atoms with Crippen LogP contribution in [0, 0.1) is 0 Å². The summed E-state index contributed by atoms with van der Waals surface area (Å²) in [5, 5.41) is 20.9. The van der Waals surface area contributed by atoms with E-state index in [0.29, 0.717) is 0 Å². The molecule has 8 nitrogen and oxygen atoms in total. The van der Waals surface area contributed by atoms with Gasteiger partial charge in [-0.05, 0) is 0 Å². The van der Waals surface area contributed by atoms with Gasteiger partial charge in [-0.15, -0.1) is 0 Å². The number of nitrogens with one attached hydrogen (secondary N) is 1. The first kappa shape index (κ1) is 15.2. The second-order valence-electron chi connectivity index (χ2n) is 4.52. The molecule has 1 saturated heterocycles. The van der Waals surface area contributed by atoms with Crippen molar-refractivity contribution in [2.24, 2.45) is 0 Å². The first-order chi connectivity index (χ1) is 8.86. The first-order valence-corrected chi connectivity index (χ1v) is 6.00. The van der Waals surface area contributed by atoms with Gasteiger partial charge in [0.05, 0.1) is 6.10 Å². The van der Waals surface area contributed by atoms with E-state index in [1.54, 1.807) is 0 Å². The number of carbonyl (C=O) groups excluding carboxylic acids is 2. The van der Waals surface area contributed by atoms with Gasteiger partial charge in [-0.1, -0.05) is 0 Å². The van der Waals surface area contributed by atoms with E-state index in [4.69, 9.17) is 5.11 Å². The Bertz CT molecular complexity index is 373. The van der Waals surface area contributed by atoms with Gasteiger partial charge in [0, 0.05) is 40.0 Å². The predicted molar refractivity (Wildman–Crippen MR) is 65.5 cm³/mol. The van der Waals surface area contributed by atoms with Crippen molar-refractivity contribution in [2.45, 2.75) is 25.0 Å². The van der Waals surface area contributed by atoms with Gasteiger partial charge in [-0.2, -0.15) is 0 Å². The van der Waals surface area contributed by atoms with Crippen LogP contribution in [0.15, 0.2) is 0 Å². The number of likely N-dealkylation sites (tertiary alicyclic amines) is 1. The molecule has 1 heterocycles. The number of amides is 3. The molecule has 2 atom stereocenters. The zero-order valence-corrected chi connectivity index (χ0v) is 11.0. The van der Waals surface area contributed by atoms with Crippen LogP contribution in [0.25, 0.3) is 0 Å². The topological polar surface area (TPSA) is 110 Å². The summed E-state index contributed by atoms with van der Waals surface area (Å²) >= 11 is 0. The van der Waals surface area contributed by atoms with Crippen molar-refractivity contribution in [3.05, 3.63) is 0 Å². The number of rotatable bonds is 4. The van der Waals surface area contributed by atoms with Crippen molar-refractivity contribution < 1.29 is 24.6 Å². The van der Waals surface area contributed by atoms with Gasteiger partial charge in [0.2, 0.25) is 5.91 Å². The highest BCUT2D eigenvalue weighted by Crippen LogP contribution is 2.19. The molecule has 0 aromatic heterocycles. The zero-order chi connectivity index (χ0) is 14.6. The molecule has 1 aliphatic rings. The molecule has 0 aromatic rings. The summed E-state index contributed by atoms with van der Waals surface area (Å²) in [5.41, 5.74) is 0. The fourth-order valence-electron chi connectivity index (χ4n) is 1.97. The third-order valence-electron chi connectivity index (χ3n) is 3.09. The molecule has 0 aromatic carbocycles. The van der Waals surface area contributed by atoms with Gasteiger partial charge in [0.1, 0.15) is 6.04 Å². The number of aliphatic hydroxyl groups is 1. The number of carboxylic acid groups (broad SMARTS) is 1. The average Bonchev–Trinajstić information content (AvgIpc) is 2.76. The van der Waals surface area contributed by atoms with E-state index in [0.717, 1.165) is 4.90 Å². The summed E-state index contributed by atoms with van der Waals surface area (Å²) in [6.07, 6.45) is -0.644. The van der Waals surface area contributed by atoms with Crippen LogP contribution < -0.4 is 5.32 Å². The van der Waals surface area contributed by atoms with Gasteiger partial charge in [0.25, 0.3) is 0 Å². The van der Waals surface area contributed by atoms with E-state index in [1.807, 2.05) is 0 Å². The average molecular weight is 273 g/mol. The largest absolute Gasteiger partial charge is 0.480 e. The van der Waals surface area contributed by atoms with E-state index in [1.165, 1.54) is 19.0 Å². The lowest BCUT2D eigenvalue weighted by molar-refractivity contribution is -0.141. The van der Waals surface area contributed by atoms with Crippen LogP contribution in [0.1, 0.15) is 12.8 Å². The van der Waals surface area contributed by atoms with E-state index >= 15 is 0 Å². The normalized spacial score (nSPS) is 22.2. The molecule has 1 aliphatic heterocycles. The highest BCUT2D eigenvalue weighted by molar-refractivity contribution is 5.84. The number of urea groups is 1. The minimum absolute atomic E-state index is 0.000113. The Hall–Kier alpha value is -1.83. The minimum Gasteiger partial charge on any atom is -0.480 e. The van der Waals surface area contributed by atoms with Crippen LogP contribution in [0.4, 0.5) is 4.79 Å². The minimum atomic E-state index is -1.13. The quantitative estimate of drug-likeness (QED) is 0.589. The van der Waals surface area contributed by atoms with Gasteiger partial charge < -0.3 is 25.3 Å². The molecular weight excluding hydrogens is 254 g/mol. The fourth-order valence-corrected chi connectivity index (χ4v) is 1.97. The van der Waals surface area contributed by atoms with E-state index in [-0.39, 0.29) is 31.8 Å². The highest BCUT2D eigenvalue weighted by Gasteiger charge is 2.39. The number of aliphatic hydroxyl groups excluding tert-OH is 1.